The lowest BCUT2D eigenvalue weighted by molar-refractivity contribution is 0.103. The van der Waals surface area contributed by atoms with Crippen LogP contribution in [0.4, 0.5) is 5.82 Å². The van der Waals surface area contributed by atoms with Crippen molar-refractivity contribution >= 4 is 33.2 Å². The van der Waals surface area contributed by atoms with Crippen LogP contribution in [0.15, 0.2) is 68.2 Å². The van der Waals surface area contributed by atoms with Crippen LogP contribution in [-0.2, 0) is 0 Å². The fraction of sp³-hybridized carbons (Fsp3) is 0.0500. The maximum Gasteiger partial charge on any atom is 0.327 e. The topological polar surface area (TPSA) is 94.8 Å². The maximum atomic E-state index is 13.2. The van der Waals surface area contributed by atoms with E-state index in [1.165, 1.54) is 0 Å². The summed E-state index contributed by atoms with van der Waals surface area (Å²) >= 11 is 3.41. The highest BCUT2D eigenvalue weighted by molar-refractivity contribution is 9.10. The van der Waals surface area contributed by atoms with Gasteiger partial charge in [0.05, 0.1) is 11.3 Å². The van der Waals surface area contributed by atoms with Crippen LogP contribution in [0.2, 0.25) is 0 Å². The van der Waals surface area contributed by atoms with Crippen LogP contribution in [0.3, 0.4) is 0 Å². The minimum absolute atomic E-state index is 0.114. The van der Waals surface area contributed by atoms with Gasteiger partial charge in [-0.25, -0.2) is 4.79 Å². The number of hydrogen-bond acceptors (Lipinski definition) is 4. The fourth-order valence-corrected chi connectivity index (χ4v) is 4.11. The van der Waals surface area contributed by atoms with Gasteiger partial charge in [0.15, 0.2) is 5.78 Å². The molecule has 1 atom stereocenters. The molecule has 27 heavy (non-hydrogen) atoms. The molecule has 7 heteroatoms. The zero-order valence-electron chi connectivity index (χ0n) is 13.8. The summed E-state index contributed by atoms with van der Waals surface area (Å²) in [4.78, 5) is 42.6. The Kier molecular flexibility index (Phi) is 3.35. The molecule has 6 nitrogen and oxygen atoms in total. The minimum Gasteiger partial charge on any atom is -0.340 e. The van der Waals surface area contributed by atoms with Gasteiger partial charge in [-0.3, -0.25) is 19.6 Å². The van der Waals surface area contributed by atoms with Gasteiger partial charge in [-0.1, -0.05) is 52.3 Å². The molecule has 1 aliphatic carbocycles. The highest BCUT2D eigenvalue weighted by Crippen LogP contribution is 2.47. The number of carbonyl (C=O) groups is 1. The van der Waals surface area contributed by atoms with E-state index in [-0.39, 0.29) is 5.78 Å². The number of allylic oxidation sites excluding steroid dienone is 1. The third-order valence-electron chi connectivity index (χ3n) is 4.97. The number of rotatable bonds is 1. The average Bonchev–Trinajstić information content (AvgIpc) is 2.93. The summed E-state index contributed by atoms with van der Waals surface area (Å²) in [7, 11) is 0. The van der Waals surface area contributed by atoms with E-state index in [0.29, 0.717) is 28.2 Å². The summed E-state index contributed by atoms with van der Waals surface area (Å²) in [5.74, 6) is -0.373. The molecule has 1 aliphatic heterocycles. The van der Waals surface area contributed by atoms with E-state index < -0.39 is 17.2 Å². The molecule has 0 bridgehead atoms. The van der Waals surface area contributed by atoms with Crippen LogP contribution in [0, 0.1) is 0 Å². The standard InChI is InChI=1S/C20H12BrN3O3/c21-10-7-5-9(6-8-10)13-14-16(11-3-1-2-4-12(11)17(14)25)22-18-15(13)19(26)24-20(27)23-18/h1-8,13H,(H3,22,23,24,26,27)/t13-/m1/s1. The second kappa shape index (κ2) is 5.65. The highest BCUT2D eigenvalue weighted by Gasteiger charge is 2.41. The molecular formula is C20H12BrN3O3. The van der Waals surface area contributed by atoms with Crippen molar-refractivity contribution in [3.63, 3.8) is 0 Å². The first kappa shape index (κ1) is 16.0. The first-order valence-electron chi connectivity index (χ1n) is 8.32. The quantitative estimate of drug-likeness (QED) is 0.562. The molecule has 5 rings (SSSR count). The molecule has 3 aromatic rings. The van der Waals surface area contributed by atoms with Gasteiger partial charge in [0, 0.05) is 27.1 Å². The monoisotopic (exact) mass is 421 g/mol. The molecule has 2 heterocycles. The molecule has 0 radical (unpaired) electrons. The highest BCUT2D eigenvalue weighted by atomic mass is 79.9. The predicted molar refractivity (Wildman–Crippen MR) is 105 cm³/mol. The number of aromatic amines is 2. The Bertz CT molecular complexity index is 1270. The van der Waals surface area contributed by atoms with Crippen molar-refractivity contribution in [2.75, 3.05) is 5.32 Å². The summed E-state index contributed by atoms with van der Waals surface area (Å²) in [6, 6.07) is 14.8. The molecule has 0 amide bonds. The minimum atomic E-state index is -0.595. The van der Waals surface area contributed by atoms with Crippen LogP contribution >= 0.6 is 15.9 Å². The third kappa shape index (κ3) is 2.28. The van der Waals surface area contributed by atoms with E-state index in [1.807, 2.05) is 42.5 Å². The van der Waals surface area contributed by atoms with Crippen molar-refractivity contribution < 1.29 is 4.79 Å². The lowest BCUT2D eigenvalue weighted by Crippen LogP contribution is -2.33. The van der Waals surface area contributed by atoms with Crippen molar-refractivity contribution in [3.05, 3.63) is 102 Å². The van der Waals surface area contributed by atoms with Crippen molar-refractivity contribution in [3.8, 4) is 0 Å². The number of ketones is 1. The number of benzene rings is 2. The molecule has 0 fully saturated rings. The zero-order valence-corrected chi connectivity index (χ0v) is 15.4. The van der Waals surface area contributed by atoms with Gasteiger partial charge in [0.25, 0.3) is 5.56 Å². The van der Waals surface area contributed by atoms with Crippen LogP contribution in [0.1, 0.15) is 33.0 Å². The van der Waals surface area contributed by atoms with Gasteiger partial charge < -0.3 is 5.32 Å². The van der Waals surface area contributed by atoms with E-state index in [9.17, 15) is 14.4 Å². The Balaban J connectivity index is 1.84. The molecule has 1 aromatic heterocycles. The second-order valence-corrected chi connectivity index (χ2v) is 7.39. The molecular weight excluding hydrogens is 410 g/mol. The maximum absolute atomic E-state index is 13.2. The summed E-state index contributed by atoms with van der Waals surface area (Å²) in [5.41, 5.74) is 2.53. The third-order valence-corrected chi connectivity index (χ3v) is 5.49. The van der Waals surface area contributed by atoms with Crippen LogP contribution in [0.5, 0.6) is 0 Å². The van der Waals surface area contributed by atoms with Crippen molar-refractivity contribution in [1.29, 1.82) is 0 Å². The average molecular weight is 422 g/mol. The van der Waals surface area contributed by atoms with Crippen molar-refractivity contribution in [1.82, 2.24) is 9.97 Å². The molecule has 0 unspecified atom stereocenters. The van der Waals surface area contributed by atoms with Crippen molar-refractivity contribution in [2.45, 2.75) is 5.92 Å². The Labute approximate surface area is 161 Å². The number of aromatic nitrogens is 2. The predicted octanol–water partition coefficient (Wildman–Crippen LogP) is 2.99. The molecule has 132 valence electrons. The number of fused-ring (bicyclic) bond motifs is 3. The second-order valence-electron chi connectivity index (χ2n) is 6.47. The van der Waals surface area contributed by atoms with Gasteiger partial charge in [-0.2, -0.15) is 0 Å². The van der Waals surface area contributed by atoms with Gasteiger partial charge >= 0.3 is 5.69 Å². The number of nitrogens with one attached hydrogen (secondary N) is 3. The van der Waals surface area contributed by atoms with Crippen molar-refractivity contribution in [2.24, 2.45) is 0 Å². The normalized spacial score (nSPS) is 17.2. The van der Waals surface area contributed by atoms with Crippen LogP contribution in [-0.4, -0.2) is 15.8 Å². The van der Waals surface area contributed by atoms with Gasteiger partial charge in [-0.05, 0) is 17.7 Å². The molecule has 0 saturated carbocycles. The number of H-pyrrole nitrogens is 2. The Morgan fingerprint density at radius 1 is 0.852 bits per heavy atom. The Morgan fingerprint density at radius 3 is 2.30 bits per heavy atom. The largest absolute Gasteiger partial charge is 0.340 e. The Morgan fingerprint density at radius 2 is 1.56 bits per heavy atom. The van der Waals surface area contributed by atoms with Gasteiger partial charge in [0.2, 0.25) is 0 Å². The lowest BCUT2D eigenvalue weighted by atomic mass is 9.82. The summed E-state index contributed by atoms with van der Waals surface area (Å²) < 4.78 is 0.894. The first-order chi connectivity index (χ1) is 13.0. The molecule has 3 N–H and O–H groups in total. The number of hydrogen-bond donors (Lipinski definition) is 3. The fourth-order valence-electron chi connectivity index (χ4n) is 3.84. The number of halogens is 1. The van der Waals surface area contributed by atoms with E-state index in [2.05, 4.69) is 31.2 Å². The van der Waals surface area contributed by atoms with Crippen LogP contribution < -0.4 is 16.6 Å². The van der Waals surface area contributed by atoms with E-state index in [1.54, 1.807) is 6.07 Å². The molecule has 2 aliphatic rings. The summed E-state index contributed by atoms with van der Waals surface area (Å²) in [5, 5.41) is 3.11. The number of Topliss-reactive ketones (excluding diaryl/α,β-unsaturated/α-hetero) is 1. The lowest BCUT2D eigenvalue weighted by Gasteiger charge is -2.27. The smallest absolute Gasteiger partial charge is 0.327 e. The first-order valence-corrected chi connectivity index (χ1v) is 9.11. The van der Waals surface area contributed by atoms with E-state index in [0.717, 1.165) is 15.6 Å². The summed E-state index contributed by atoms with van der Waals surface area (Å²) in [6.07, 6.45) is 0. The zero-order chi connectivity index (χ0) is 18.7. The van der Waals surface area contributed by atoms with E-state index >= 15 is 0 Å². The van der Waals surface area contributed by atoms with Gasteiger partial charge in [0.1, 0.15) is 5.82 Å². The molecule has 0 spiro atoms. The molecule has 0 saturated heterocycles. The van der Waals surface area contributed by atoms with Crippen LogP contribution in [0.25, 0.3) is 5.70 Å². The van der Waals surface area contributed by atoms with Gasteiger partial charge in [-0.15, -0.1) is 0 Å². The Hall–Kier alpha value is -3.19. The summed E-state index contributed by atoms with van der Waals surface area (Å²) in [6.45, 7) is 0. The number of anilines is 1. The number of carbonyl (C=O) groups excluding carboxylic acids is 1. The van der Waals surface area contributed by atoms with E-state index in [4.69, 9.17) is 0 Å². The SMILES string of the molecule is O=C1C2=C(Nc3[nH]c(=O)[nH]c(=O)c3[C@@H]2c2ccc(Br)cc2)c2ccccc21. The molecule has 2 aromatic carbocycles.